The summed E-state index contributed by atoms with van der Waals surface area (Å²) < 4.78 is 5.45. The number of piperazine rings is 1. The van der Waals surface area contributed by atoms with E-state index in [2.05, 4.69) is 5.32 Å². The lowest BCUT2D eigenvalue weighted by molar-refractivity contribution is -0.161. The monoisotopic (exact) mass is 294 g/mol. The molecule has 1 N–H and O–H groups in total. The highest BCUT2D eigenvalue weighted by Crippen LogP contribution is 2.38. The summed E-state index contributed by atoms with van der Waals surface area (Å²) in [5.74, 6) is 0.578. The molecule has 3 aliphatic rings. The summed E-state index contributed by atoms with van der Waals surface area (Å²) in [6.07, 6.45) is 6.53. The van der Waals surface area contributed by atoms with Gasteiger partial charge in [-0.3, -0.25) is 9.59 Å². The molecule has 0 radical (unpaired) electrons. The third-order valence-corrected chi connectivity index (χ3v) is 5.36. The molecule has 2 heterocycles. The van der Waals surface area contributed by atoms with Gasteiger partial charge in [0.1, 0.15) is 11.6 Å². The number of amides is 2. The van der Waals surface area contributed by atoms with Crippen molar-refractivity contribution in [3.05, 3.63) is 0 Å². The Morgan fingerprint density at radius 2 is 2.05 bits per heavy atom. The van der Waals surface area contributed by atoms with Crippen LogP contribution in [0.2, 0.25) is 0 Å². The molecule has 2 amide bonds. The Balaban J connectivity index is 1.86. The fraction of sp³-hybridized carbons (Fsp3) is 0.875. The number of rotatable bonds is 3. The quantitative estimate of drug-likeness (QED) is 0.857. The summed E-state index contributed by atoms with van der Waals surface area (Å²) in [6, 6.07) is -0.340. The normalized spacial score (nSPS) is 32.5. The van der Waals surface area contributed by atoms with Crippen LogP contribution in [-0.2, 0) is 14.3 Å². The molecule has 0 aromatic rings. The lowest BCUT2D eigenvalue weighted by atomic mass is 9.76. The zero-order valence-electron chi connectivity index (χ0n) is 12.9. The molecule has 2 aliphatic heterocycles. The second-order valence-electron chi connectivity index (χ2n) is 6.70. The Morgan fingerprint density at radius 1 is 1.29 bits per heavy atom. The van der Waals surface area contributed by atoms with Crippen molar-refractivity contribution in [1.29, 1.82) is 0 Å². The number of ether oxygens (including phenoxy) is 1. The first-order valence-corrected chi connectivity index (χ1v) is 8.37. The van der Waals surface area contributed by atoms with Crippen molar-refractivity contribution in [3.63, 3.8) is 0 Å². The SMILES string of the molecule is CCC1NC(=O)C2(CCCCC2)N(CC2CCOC2)C1=O. The highest BCUT2D eigenvalue weighted by atomic mass is 16.5. The van der Waals surface area contributed by atoms with E-state index in [0.29, 0.717) is 18.9 Å². The fourth-order valence-corrected chi connectivity index (χ4v) is 4.04. The molecule has 3 rings (SSSR count). The lowest BCUT2D eigenvalue weighted by Gasteiger charge is -2.50. The Morgan fingerprint density at radius 3 is 2.67 bits per heavy atom. The van der Waals surface area contributed by atoms with Crippen LogP contribution in [0.1, 0.15) is 51.9 Å². The first kappa shape index (κ1) is 14.8. The third-order valence-electron chi connectivity index (χ3n) is 5.36. The Labute approximate surface area is 126 Å². The van der Waals surface area contributed by atoms with Crippen LogP contribution < -0.4 is 5.32 Å². The molecule has 118 valence electrons. The molecule has 5 nitrogen and oxygen atoms in total. The van der Waals surface area contributed by atoms with Gasteiger partial charge in [0.05, 0.1) is 6.61 Å². The van der Waals surface area contributed by atoms with E-state index in [1.54, 1.807) is 0 Å². The Hall–Kier alpha value is -1.10. The second kappa shape index (κ2) is 5.95. The van der Waals surface area contributed by atoms with Gasteiger partial charge in [-0.15, -0.1) is 0 Å². The van der Waals surface area contributed by atoms with Crippen LogP contribution in [0, 0.1) is 5.92 Å². The van der Waals surface area contributed by atoms with Gasteiger partial charge in [0.25, 0.3) is 0 Å². The molecule has 2 atom stereocenters. The van der Waals surface area contributed by atoms with Crippen LogP contribution >= 0.6 is 0 Å². The Bertz CT molecular complexity index is 412. The van der Waals surface area contributed by atoms with Gasteiger partial charge in [-0.2, -0.15) is 0 Å². The van der Waals surface area contributed by atoms with Crippen LogP contribution in [0.25, 0.3) is 0 Å². The molecule has 0 aromatic carbocycles. The highest BCUT2D eigenvalue weighted by Gasteiger charge is 2.52. The van der Waals surface area contributed by atoms with Gasteiger partial charge in [0.2, 0.25) is 11.8 Å². The molecule has 1 spiro atoms. The van der Waals surface area contributed by atoms with Crippen molar-refractivity contribution in [3.8, 4) is 0 Å². The molecule has 2 unspecified atom stereocenters. The van der Waals surface area contributed by atoms with Crippen molar-refractivity contribution in [2.45, 2.75) is 63.5 Å². The maximum atomic E-state index is 12.8. The van der Waals surface area contributed by atoms with Crippen LogP contribution in [0.3, 0.4) is 0 Å². The second-order valence-corrected chi connectivity index (χ2v) is 6.70. The minimum atomic E-state index is -0.580. The van der Waals surface area contributed by atoms with Crippen molar-refractivity contribution >= 4 is 11.8 Å². The number of carbonyl (C=O) groups excluding carboxylic acids is 2. The molecule has 0 aromatic heterocycles. The highest BCUT2D eigenvalue weighted by molar-refractivity contribution is 5.99. The molecule has 3 fully saturated rings. The van der Waals surface area contributed by atoms with Crippen molar-refractivity contribution < 1.29 is 14.3 Å². The topological polar surface area (TPSA) is 58.6 Å². The van der Waals surface area contributed by atoms with Gasteiger partial charge < -0.3 is 15.0 Å². The summed E-state index contributed by atoms with van der Waals surface area (Å²) >= 11 is 0. The van der Waals surface area contributed by atoms with E-state index >= 15 is 0 Å². The summed E-state index contributed by atoms with van der Waals surface area (Å²) in [7, 11) is 0. The fourth-order valence-electron chi connectivity index (χ4n) is 4.04. The maximum absolute atomic E-state index is 12.8. The molecule has 1 saturated carbocycles. The number of nitrogens with one attached hydrogen (secondary N) is 1. The smallest absolute Gasteiger partial charge is 0.246 e. The third kappa shape index (κ3) is 2.56. The minimum absolute atomic E-state index is 0.0764. The van der Waals surface area contributed by atoms with Crippen LogP contribution in [-0.4, -0.2) is 48.1 Å². The zero-order valence-corrected chi connectivity index (χ0v) is 12.9. The number of carbonyl (C=O) groups is 2. The molecule has 2 saturated heterocycles. The van der Waals surface area contributed by atoms with E-state index in [9.17, 15) is 9.59 Å². The molecular weight excluding hydrogens is 268 g/mol. The predicted octanol–water partition coefficient (Wildman–Crippen LogP) is 1.46. The van der Waals surface area contributed by atoms with Crippen LogP contribution in [0.15, 0.2) is 0 Å². The molecule has 21 heavy (non-hydrogen) atoms. The molecule has 5 heteroatoms. The molecular formula is C16H26N2O3. The average Bonchev–Trinajstić information content (AvgIpc) is 3.02. The summed E-state index contributed by atoms with van der Waals surface area (Å²) in [5.41, 5.74) is -0.580. The number of nitrogens with zero attached hydrogens (tertiary/aromatic N) is 1. The molecule has 1 aliphatic carbocycles. The lowest BCUT2D eigenvalue weighted by Crippen LogP contribution is -2.71. The summed E-state index contributed by atoms with van der Waals surface area (Å²) in [4.78, 5) is 27.5. The van der Waals surface area contributed by atoms with E-state index < -0.39 is 5.54 Å². The van der Waals surface area contributed by atoms with Gasteiger partial charge in [-0.1, -0.05) is 26.2 Å². The zero-order chi connectivity index (χ0) is 14.9. The van der Waals surface area contributed by atoms with Crippen molar-refractivity contribution in [1.82, 2.24) is 10.2 Å². The van der Waals surface area contributed by atoms with Crippen LogP contribution in [0.5, 0.6) is 0 Å². The standard InChI is InChI=1S/C16H26N2O3/c1-2-13-14(19)18(10-12-6-9-21-11-12)16(15(20)17-13)7-4-3-5-8-16/h12-13H,2-11H2,1H3,(H,17,20). The first-order valence-electron chi connectivity index (χ1n) is 8.37. The van der Waals surface area contributed by atoms with Crippen molar-refractivity contribution in [2.24, 2.45) is 5.92 Å². The van der Waals surface area contributed by atoms with Gasteiger partial charge in [-0.05, 0) is 25.7 Å². The van der Waals surface area contributed by atoms with E-state index in [1.807, 2.05) is 11.8 Å². The van der Waals surface area contributed by atoms with Gasteiger partial charge >= 0.3 is 0 Å². The summed E-state index contributed by atoms with van der Waals surface area (Å²) in [5, 5.41) is 2.97. The van der Waals surface area contributed by atoms with Gasteiger partial charge in [0.15, 0.2) is 0 Å². The predicted molar refractivity (Wildman–Crippen MR) is 78.7 cm³/mol. The Kier molecular flexibility index (Phi) is 4.20. The van der Waals surface area contributed by atoms with E-state index in [1.165, 1.54) is 6.42 Å². The number of hydrogen-bond acceptors (Lipinski definition) is 3. The van der Waals surface area contributed by atoms with Gasteiger partial charge in [-0.25, -0.2) is 0 Å². The minimum Gasteiger partial charge on any atom is -0.381 e. The van der Waals surface area contributed by atoms with E-state index in [4.69, 9.17) is 4.74 Å². The van der Waals surface area contributed by atoms with E-state index in [0.717, 1.165) is 45.3 Å². The van der Waals surface area contributed by atoms with Gasteiger partial charge in [0, 0.05) is 19.1 Å². The average molecular weight is 294 g/mol. The largest absolute Gasteiger partial charge is 0.381 e. The maximum Gasteiger partial charge on any atom is 0.246 e. The molecule has 0 bridgehead atoms. The van der Waals surface area contributed by atoms with Crippen LogP contribution in [0.4, 0.5) is 0 Å². The first-order chi connectivity index (χ1) is 10.2. The van der Waals surface area contributed by atoms with Crippen molar-refractivity contribution in [2.75, 3.05) is 19.8 Å². The summed E-state index contributed by atoms with van der Waals surface area (Å²) in [6.45, 7) is 4.14. The van der Waals surface area contributed by atoms with E-state index in [-0.39, 0.29) is 17.9 Å². The number of hydrogen-bond donors (Lipinski definition) is 1.